The summed E-state index contributed by atoms with van der Waals surface area (Å²) in [6.45, 7) is 5.93. The molecule has 0 N–H and O–H groups in total. The maximum Gasteiger partial charge on any atom is 0.133 e. The maximum atomic E-state index is 8.41. The van der Waals surface area contributed by atoms with Crippen LogP contribution in [0.3, 0.4) is 0 Å². The normalized spacial score (nSPS) is 13.5. The molecule has 0 aliphatic carbocycles. The van der Waals surface area contributed by atoms with Crippen molar-refractivity contribution in [1.29, 1.82) is 5.26 Å². The van der Waals surface area contributed by atoms with E-state index < -0.39 is 0 Å². The highest BCUT2D eigenvalue weighted by Gasteiger charge is 2.07. The molecular formula is C8H15ClN2. The summed E-state index contributed by atoms with van der Waals surface area (Å²) in [5.74, 6) is 0.627. The van der Waals surface area contributed by atoms with Gasteiger partial charge in [-0.05, 0) is 13.0 Å². The fraction of sp³-hybridized carbons (Fsp3) is 0.875. The lowest BCUT2D eigenvalue weighted by atomic mass is 10.2. The summed E-state index contributed by atoms with van der Waals surface area (Å²) in [5.41, 5.74) is 0. The minimum absolute atomic E-state index is 0.376. The Morgan fingerprint density at radius 3 is 2.36 bits per heavy atom. The van der Waals surface area contributed by atoms with Crippen molar-refractivity contribution in [2.45, 2.75) is 19.2 Å². The number of hydrogen-bond acceptors (Lipinski definition) is 2. The van der Waals surface area contributed by atoms with Crippen LogP contribution in [-0.2, 0) is 0 Å². The van der Waals surface area contributed by atoms with Gasteiger partial charge in [-0.1, -0.05) is 13.8 Å². The molecule has 0 aliphatic heterocycles. The lowest BCUT2D eigenvalue weighted by molar-refractivity contribution is 0.303. The van der Waals surface area contributed by atoms with E-state index in [-0.39, 0.29) is 5.38 Å². The first-order valence-corrected chi connectivity index (χ1v) is 4.22. The zero-order valence-electron chi connectivity index (χ0n) is 7.34. The molecule has 0 aromatic heterocycles. The van der Waals surface area contributed by atoms with Crippen LogP contribution in [0, 0.1) is 17.2 Å². The summed E-state index contributed by atoms with van der Waals surface area (Å²) in [6, 6.07) is 1.99. The Morgan fingerprint density at radius 1 is 1.45 bits per heavy atom. The predicted octanol–water partition coefficient (Wildman–Crippen LogP) is 1.71. The summed E-state index contributed by atoms with van der Waals surface area (Å²) in [7, 11) is 1.98. The smallest absolute Gasteiger partial charge is 0.133 e. The van der Waals surface area contributed by atoms with Crippen LogP contribution in [0.4, 0.5) is 0 Å². The highest BCUT2D eigenvalue weighted by Crippen LogP contribution is 2.00. The molecule has 0 amide bonds. The van der Waals surface area contributed by atoms with Crippen molar-refractivity contribution < 1.29 is 0 Å². The van der Waals surface area contributed by atoms with E-state index in [0.29, 0.717) is 12.5 Å². The molecule has 1 atom stereocenters. The van der Waals surface area contributed by atoms with E-state index in [9.17, 15) is 0 Å². The summed E-state index contributed by atoms with van der Waals surface area (Å²) in [6.07, 6.45) is 0. The molecule has 0 rings (SSSR count). The zero-order chi connectivity index (χ0) is 8.85. The van der Waals surface area contributed by atoms with Gasteiger partial charge in [0.25, 0.3) is 0 Å². The van der Waals surface area contributed by atoms with Crippen molar-refractivity contribution >= 4 is 11.6 Å². The number of nitrogens with zero attached hydrogens (tertiary/aromatic N) is 2. The largest absolute Gasteiger partial charge is 0.304 e. The van der Waals surface area contributed by atoms with Crippen LogP contribution in [0.15, 0.2) is 0 Å². The van der Waals surface area contributed by atoms with Crippen molar-refractivity contribution in [2.24, 2.45) is 5.92 Å². The zero-order valence-corrected chi connectivity index (χ0v) is 8.10. The van der Waals surface area contributed by atoms with Crippen molar-refractivity contribution in [3.05, 3.63) is 0 Å². The lowest BCUT2D eigenvalue weighted by Gasteiger charge is -2.18. The molecule has 0 spiro atoms. The van der Waals surface area contributed by atoms with Crippen molar-refractivity contribution in [1.82, 2.24) is 4.90 Å². The SMILES string of the molecule is CC(C)CN(C)CC(Cl)C#N. The van der Waals surface area contributed by atoms with Gasteiger partial charge in [-0.15, -0.1) is 11.6 Å². The first-order chi connectivity index (χ1) is 5.06. The molecule has 2 nitrogen and oxygen atoms in total. The first kappa shape index (κ1) is 10.7. The molecule has 0 heterocycles. The molecule has 0 bridgehead atoms. The van der Waals surface area contributed by atoms with Crippen LogP contribution >= 0.6 is 11.6 Å². The Hall–Kier alpha value is -0.260. The highest BCUT2D eigenvalue weighted by molar-refractivity contribution is 6.22. The number of nitriles is 1. The Balaban J connectivity index is 3.53. The van der Waals surface area contributed by atoms with E-state index in [4.69, 9.17) is 16.9 Å². The van der Waals surface area contributed by atoms with Crippen molar-refractivity contribution in [3.8, 4) is 6.07 Å². The highest BCUT2D eigenvalue weighted by atomic mass is 35.5. The van der Waals surface area contributed by atoms with E-state index in [0.717, 1.165) is 6.54 Å². The molecule has 0 radical (unpaired) electrons. The summed E-state index contributed by atoms with van der Waals surface area (Å²) < 4.78 is 0. The molecule has 1 unspecified atom stereocenters. The Labute approximate surface area is 73.7 Å². The fourth-order valence-electron chi connectivity index (χ4n) is 1.01. The third kappa shape index (κ3) is 6.15. The van der Waals surface area contributed by atoms with Crippen LogP contribution in [-0.4, -0.2) is 30.4 Å². The molecule has 64 valence electrons. The Bertz CT molecular complexity index is 140. The molecule has 3 heteroatoms. The average molecular weight is 175 g/mol. The standard InChI is InChI=1S/C8H15ClN2/c1-7(2)5-11(3)6-8(9)4-10/h7-8H,5-6H2,1-3H3. The molecule has 0 aromatic rings. The maximum absolute atomic E-state index is 8.41. The van der Waals surface area contributed by atoms with Crippen molar-refractivity contribution in [3.63, 3.8) is 0 Å². The molecular weight excluding hydrogens is 160 g/mol. The van der Waals surface area contributed by atoms with Crippen LogP contribution in [0.2, 0.25) is 0 Å². The van der Waals surface area contributed by atoms with Crippen LogP contribution in [0.1, 0.15) is 13.8 Å². The van der Waals surface area contributed by atoms with Gasteiger partial charge in [0.05, 0.1) is 6.07 Å². The molecule has 0 aliphatic rings. The third-order valence-corrected chi connectivity index (χ3v) is 1.52. The monoisotopic (exact) mass is 174 g/mol. The van der Waals surface area contributed by atoms with Crippen LogP contribution < -0.4 is 0 Å². The minimum Gasteiger partial charge on any atom is -0.304 e. The van der Waals surface area contributed by atoms with Gasteiger partial charge in [-0.2, -0.15) is 5.26 Å². The molecule has 0 aromatic carbocycles. The Morgan fingerprint density at radius 2 is 2.00 bits per heavy atom. The number of hydrogen-bond donors (Lipinski definition) is 0. The van der Waals surface area contributed by atoms with Gasteiger partial charge in [0, 0.05) is 13.1 Å². The van der Waals surface area contributed by atoms with Crippen molar-refractivity contribution in [2.75, 3.05) is 20.1 Å². The summed E-state index contributed by atoms with van der Waals surface area (Å²) in [5, 5.41) is 8.03. The quantitative estimate of drug-likeness (QED) is 0.607. The Kier molecular flexibility index (Phi) is 5.27. The van der Waals surface area contributed by atoms with E-state index in [2.05, 4.69) is 18.7 Å². The lowest BCUT2D eigenvalue weighted by Crippen LogP contribution is -2.28. The predicted molar refractivity (Wildman–Crippen MR) is 47.6 cm³/mol. The first-order valence-electron chi connectivity index (χ1n) is 3.78. The van der Waals surface area contributed by atoms with E-state index >= 15 is 0 Å². The van der Waals surface area contributed by atoms with Gasteiger partial charge in [-0.3, -0.25) is 0 Å². The topological polar surface area (TPSA) is 27.0 Å². The number of alkyl halides is 1. The minimum atomic E-state index is -0.376. The third-order valence-electron chi connectivity index (χ3n) is 1.29. The number of halogens is 1. The summed E-state index contributed by atoms with van der Waals surface area (Å²) in [4.78, 5) is 2.07. The van der Waals surface area contributed by atoms with Gasteiger partial charge in [0.1, 0.15) is 5.38 Å². The van der Waals surface area contributed by atoms with Crippen LogP contribution in [0.5, 0.6) is 0 Å². The molecule has 0 fully saturated rings. The van der Waals surface area contributed by atoms with E-state index in [1.807, 2.05) is 13.1 Å². The van der Waals surface area contributed by atoms with Gasteiger partial charge < -0.3 is 4.90 Å². The van der Waals surface area contributed by atoms with Gasteiger partial charge in [-0.25, -0.2) is 0 Å². The van der Waals surface area contributed by atoms with Gasteiger partial charge in [0.15, 0.2) is 0 Å². The fourth-order valence-corrected chi connectivity index (χ4v) is 1.25. The molecule has 0 saturated heterocycles. The average Bonchev–Trinajstić information content (AvgIpc) is 1.85. The summed E-state index contributed by atoms with van der Waals surface area (Å²) >= 11 is 5.64. The van der Waals surface area contributed by atoms with E-state index in [1.54, 1.807) is 0 Å². The second-order valence-corrected chi connectivity index (χ2v) is 3.74. The number of rotatable bonds is 4. The van der Waals surface area contributed by atoms with Crippen LogP contribution in [0.25, 0.3) is 0 Å². The van der Waals surface area contributed by atoms with Gasteiger partial charge >= 0.3 is 0 Å². The molecule has 0 saturated carbocycles. The second kappa shape index (κ2) is 5.40. The second-order valence-electron chi connectivity index (χ2n) is 3.21. The van der Waals surface area contributed by atoms with Gasteiger partial charge in [0.2, 0.25) is 0 Å². The molecule has 11 heavy (non-hydrogen) atoms. The van der Waals surface area contributed by atoms with E-state index in [1.165, 1.54) is 0 Å².